The average Bonchev–Trinajstić information content (AvgIpc) is 2.46. The minimum absolute atomic E-state index is 0.0800. The summed E-state index contributed by atoms with van der Waals surface area (Å²) in [5, 5.41) is 3.14. The Hall–Kier alpha value is -2.29. The molecule has 0 saturated carbocycles. The van der Waals surface area contributed by atoms with Crippen LogP contribution in [0.1, 0.15) is 31.0 Å². The predicted octanol–water partition coefficient (Wildman–Crippen LogP) is 3.09. The smallest absolute Gasteiger partial charge is 0.189 e. The molecule has 2 aromatic carbocycles. The molecule has 0 aromatic heterocycles. The summed E-state index contributed by atoms with van der Waals surface area (Å²) in [6, 6.07) is 20.6. The van der Waals surface area contributed by atoms with Crippen molar-refractivity contribution < 1.29 is 0 Å². The molecule has 3 N–H and O–H groups in total. The van der Waals surface area contributed by atoms with Gasteiger partial charge in [0.05, 0.1) is 0 Å². The van der Waals surface area contributed by atoms with Crippen molar-refractivity contribution in [1.29, 1.82) is 0 Å². The first-order chi connectivity index (χ1) is 9.66. The molecule has 0 unspecified atom stereocenters. The van der Waals surface area contributed by atoms with E-state index in [9.17, 15) is 0 Å². The quantitative estimate of drug-likeness (QED) is 0.660. The van der Waals surface area contributed by atoms with Gasteiger partial charge in [-0.3, -0.25) is 0 Å². The molecule has 20 heavy (non-hydrogen) atoms. The molecule has 0 amide bonds. The van der Waals surface area contributed by atoms with Gasteiger partial charge in [-0.05, 0) is 25.0 Å². The molecule has 0 aliphatic rings. The van der Waals surface area contributed by atoms with Crippen LogP contribution in [0, 0.1) is 0 Å². The predicted molar refractivity (Wildman–Crippen MR) is 84.6 cm³/mol. The van der Waals surface area contributed by atoms with Crippen molar-refractivity contribution in [2.24, 2.45) is 10.7 Å². The van der Waals surface area contributed by atoms with E-state index in [2.05, 4.69) is 34.6 Å². The van der Waals surface area contributed by atoms with Crippen LogP contribution in [0.25, 0.3) is 0 Å². The molecule has 2 aromatic rings. The first-order valence-corrected chi connectivity index (χ1v) is 6.86. The van der Waals surface area contributed by atoms with E-state index in [1.165, 1.54) is 0 Å². The van der Waals surface area contributed by atoms with E-state index in [0.29, 0.717) is 5.96 Å². The summed E-state index contributed by atoms with van der Waals surface area (Å²) in [5.74, 6) is 0.470. The van der Waals surface area contributed by atoms with Crippen LogP contribution in [-0.2, 0) is 0 Å². The molecule has 0 spiro atoms. The third-order valence-electron chi connectivity index (χ3n) is 2.94. The highest BCUT2D eigenvalue weighted by Crippen LogP contribution is 2.25. The summed E-state index contributed by atoms with van der Waals surface area (Å²) < 4.78 is 0. The van der Waals surface area contributed by atoms with Crippen molar-refractivity contribution in [3.05, 3.63) is 71.8 Å². The van der Waals surface area contributed by atoms with Gasteiger partial charge in [0, 0.05) is 6.04 Å². The molecule has 104 valence electrons. The van der Waals surface area contributed by atoms with Gasteiger partial charge in [0.25, 0.3) is 0 Å². The molecule has 0 saturated heterocycles. The lowest BCUT2D eigenvalue weighted by Gasteiger charge is -2.16. The zero-order valence-corrected chi connectivity index (χ0v) is 12.0. The molecule has 0 fully saturated rings. The van der Waals surface area contributed by atoms with Crippen molar-refractivity contribution in [1.82, 2.24) is 5.32 Å². The molecule has 3 nitrogen and oxygen atoms in total. The minimum Gasteiger partial charge on any atom is -0.370 e. The second-order valence-electron chi connectivity index (χ2n) is 5.04. The summed E-state index contributed by atoms with van der Waals surface area (Å²) in [6.45, 7) is 4.09. The van der Waals surface area contributed by atoms with E-state index < -0.39 is 0 Å². The van der Waals surface area contributed by atoms with E-state index in [-0.39, 0.29) is 12.1 Å². The van der Waals surface area contributed by atoms with E-state index in [4.69, 9.17) is 5.73 Å². The maximum absolute atomic E-state index is 5.99. The Morgan fingerprint density at radius 3 is 1.75 bits per heavy atom. The molecule has 0 heterocycles. The molecule has 0 bridgehead atoms. The van der Waals surface area contributed by atoms with Crippen molar-refractivity contribution in [3.8, 4) is 0 Å². The fourth-order valence-electron chi connectivity index (χ4n) is 2.08. The molecule has 0 radical (unpaired) electrons. The zero-order valence-electron chi connectivity index (χ0n) is 12.0. The van der Waals surface area contributed by atoms with Gasteiger partial charge in [0.15, 0.2) is 5.96 Å². The Morgan fingerprint density at radius 1 is 0.900 bits per heavy atom. The number of hydrogen-bond donors (Lipinski definition) is 2. The van der Waals surface area contributed by atoms with Crippen LogP contribution in [0.5, 0.6) is 0 Å². The number of nitrogens with zero attached hydrogens (tertiary/aromatic N) is 1. The molecule has 3 heteroatoms. The summed E-state index contributed by atoms with van der Waals surface area (Å²) >= 11 is 0. The average molecular weight is 267 g/mol. The lowest BCUT2D eigenvalue weighted by atomic mass is 9.99. The third-order valence-corrected chi connectivity index (χ3v) is 2.94. The largest absolute Gasteiger partial charge is 0.370 e. The molecular weight excluding hydrogens is 246 g/mol. The summed E-state index contributed by atoms with van der Waals surface area (Å²) in [6.07, 6.45) is 0. The first-order valence-electron chi connectivity index (χ1n) is 6.86. The number of nitrogens with two attached hydrogens (primary N) is 1. The lowest BCUT2D eigenvalue weighted by Crippen LogP contribution is -2.37. The van der Waals surface area contributed by atoms with Crippen molar-refractivity contribution in [2.75, 3.05) is 0 Å². The standard InChI is InChI=1S/C17H21N3/c1-13(2)19-17(18)20-16(14-9-5-3-6-10-14)15-11-7-4-8-12-15/h3-13,16H,1-2H3,(H3,18,19,20). The number of nitrogens with one attached hydrogen (secondary N) is 1. The van der Waals surface area contributed by atoms with Gasteiger partial charge in [-0.1, -0.05) is 60.7 Å². The number of guanidine groups is 1. The van der Waals surface area contributed by atoms with Gasteiger partial charge in [0.1, 0.15) is 6.04 Å². The van der Waals surface area contributed by atoms with E-state index in [1.54, 1.807) is 0 Å². The maximum Gasteiger partial charge on any atom is 0.189 e. The van der Waals surface area contributed by atoms with E-state index >= 15 is 0 Å². The highest BCUT2D eigenvalue weighted by atomic mass is 15.1. The second kappa shape index (κ2) is 6.75. The molecule has 0 aliphatic heterocycles. The van der Waals surface area contributed by atoms with Crippen LogP contribution < -0.4 is 11.1 Å². The van der Waals surface area contributed by atoms with Crippen LogP contribution >= 0.6 is 0 Å². The van der Waals surface area contributed by atoms with E-state index in [0.717, 1.165) is 11.1 Å². The van der Waals surface area contributed by atoms with Crippen LogP contribution in [0.4, 0.5) is 0 Å². The Labute approximate surface area is 120 Å². The van der Waals surface area contributed by atoms with Gasteiger partial charge in [-0.15, -0.1) is 0 Å². The number of hydrogen-bond acceptors (Lipinski definition) is 1. The van der Waals surface area contributed by atoms with Gasteiger partial charge in [0.2, 0.25) is 0 Å². The second-order valence-corrected chi connectivity index (χ2v) is 5.04. The van der Waals surface area contributed by atoms with Crippen molar-refractivity contribution in [3.63, 3.8) is 0 Å². The summed E-state index contributed by atoms with van der Waals surface area (Å²) in [5.41, 5.74) is 8.25. The van der Waals surface area contributed by atoms with Gasteiger partial charge >= 0.3 is 0 Å². The number of benzene rings is 2. The molecular formula is C17H21N3. The van der Waals surface area contributed by atoms with Gasteiger partial charge in [-0.2, -0.15) is 0 Å². The maximum atomic E-state index is 5.99. The minimum atomic E-state index is -0.0800. The van der Waals surface area contributed by atoms with Crippen molar-refractivity contribution in [2.45, 2.75) is 25.9 Å². The lowest BCUT2D eigenvalue weighted by molar-refractivity contribution is 0.716. The Kier molecular flexibility index (Phi) is 4.77. The number of aliphatic imine (C=N–C) groups is 1. The van der Waals surface area contributed by atoms with Gasteiger partial charge in [-0.25, -0.2) is 4.99 Å². The van der Waals surface area contributed by atoms with Crippen LogP contribution in [0.2, 0.25) is 0 Å². The molecule has 2 rings (SSSR count). The number of rotatable bonds is 4. The topological polar surface area (TPSA) is 50.4 Å². The van der Waals surface area contributed by atoms with Crippen LogP contribution in [0.15, 0.2) is 65.7 Å². The molecule has 0 atom stereocenters. The third kappa shape index (κ3) is 3.85. The summed E-state index contributed by atoms with van der Waals surface area (Å²) in [7, 11) is 0. The molecule has 0 aliphatic carbocycles. The first kappa shape index (κ1) is 14.1. The zero-order chi connectivity index (χ0) is 14.4. The SMILES string of the molecule is CC(C)NC(N)=NC(c1ccccc1)c1ccccc1. The highest BCUT2D eigenvalue weighted by Gasteiger charge is 2.13. The fraction of sp³-hybridized carbons (Fsp3) is 0.235. The monoisotopic (exact) mass is 267 g/mol. The van der Waals surface area contributed by atoms with Crippen LogP contribution in [0.3, 0.4) is 0 Å². The van der Waals surface area contributed by atoms with Crippen LogP contribution in [-0.4, -0.2) is 12.0 Å². The van der Waals surface area contributed by atoms with Crippen molar-refractivity contribution >= 4 is 5.96 Å². The summed E-state index contributed by atoms with van der Waals surface area (Å²) in [4.78, 5) is 4.64. The van der Waals surface area contributed by atoms with Gasteiger partial charge < -0.3 is 11.1 Å². The van der Waals surface area contributed by atoms with E-state index in [1.807, 2.05) is 50.2 Å². The highest BCUT2D eigenvalue weighted by molar-refractivity contribution is 5.78. The fourth-order valence-corrected chi connectivity index (χ4v) is 2.08. The normalized spacial score (nSPS) is 11.9. The Morgan fingerprint density at radius 2 is 1.35 bits per heavy atom. The Bertz CT molecular complexity index is 507. The Balaban J connectivity index is 2.35.